The maximum Gasteiger partial charge on any atom is 0.497 e. The Bertz CT molecular complexity index is 668. The van der Waals surface area contributed by atoms with E-state index in [0.717, 1.165) is 0 Å². The summed E-state index contributed by atoms with van der Waals surface area (Å²) in [6, 6.07) is 3.05. The van der Waals surface area contributed by atoms with Crippen LogP contribution >= 0.6 is 0 Å². The van der Waals surface area contributed by atoms with Crippen LogP contribution in [-0.2, 0) is 16.4 Å². The van der Waals surface area contributed by atoms with E-state index in [-0.39, 0.29) is 5.82 Å². The average molecular weight is 277 g/mol. The number of hydrogen-bond donors (Lipinski definition) is 0. The molecule has 0 N–H and O–H groups in total. The van der Waals surface area contributed by atoms with Gasteiger partial charge in [0, 0.05) is 18.6 Å². The van der Waals surface area contributed by atoms with E-state index in [9.17, 15) is 4.39 Å². The quantitative estimate of drug-likeness (QED) is 0.739. The molecule has 0 atom stereocenters. The minimum atomic E-state index is -0.730. The predicted octanol–water partition coefficient (Wildman–Crippen LogP) is 1.41. The first kappa shape index (κ1) is 13.5. The Balaban J connectivity index is 2.05. The van der Waals surface area contributed by atoms with E-state index >= 15 is 0 Å². The van der Waals surface area contributed by atoms with Crippen molar-refractivity contribution in [2.24, 2.45) is 7.05 Å². The molecule has 0 saturated carbocycles. The summed E-state index contributed by atoms with van der Waals surface area (Å²) in [5.41, 5.74) is 0.626. The molecular weight excluding hydrogens is 260 g/mol. The van der Waals surface area contributed by atoms with Crippen molar-refractivity contribution in [3.05, 3.63) is 17.9 Å². The molecule has 1 aliphatic heterocycles. The Labute approximate surface area is 117 Å². The highest BCUT2D eigenvalue weighted by molar-refractivity contribution is 6.62. The third-order valence-electron chi connectivity index (χ3n) is 4.24. The fourth-order valence-electron chi connectivity index (χ4n) is 2.22. The largest absolute Gasteiger partial charge is 0.497 e. The molecule has 20 heavy (non-hydrogen) atoms. The number of aryl methyl sites for hydroxylation is 1. The van der Waals surface area contributed by atoms with Crippen LogP contribution in [0.5, 0.6) is 0 Å². The van der Waals surface area contributed by atoms with Crippen LogP contribution in [0, 0.1) is 5.82 Å². The maximum atomic E-state index is 14.3. The molecular formula is C13H17BFN3O2. The van der Waals surface area contributed by atoms with Gasteiger partial charge in [0.1, 0.15) is 11.3 Å². The van der Waals surface area contributed by atoms with Gasteiger partial charge in [-0.25, -0.2) is 9.07 Å². The van der Waals surface area contributed by atoms with Gasteiger partial charge in [0.2, 0.25) is 0 Å². The Morgan fingerprint density at radius 3 is 2.35 bits per heavy atom. The molecule has 2 heterocycles. The zero-order valence-electron chi connectivity index (χ0n) is 12.3. The molecule has 7 heteroatoms. The molecule has 5 nitrogen and oxygen atoms in total. The van der Waals surface area contributed by atoms with Crippen molar-refractivity contribution in [1.82, 2.24) is 15.0 Å². The lowest BCUT2D eigenvalue weighted by atomic mass is 9.78. The summed E-state index contributed by atoms with van der Waals surface area (Å²) in [5.74, 6) is -0.374. The van der Waals surface area contributed by atoms with Crippen molar-refractivity contribution < 1.29 is 13.7 Å². The first-order chi connectivity index (χ1) is 9.21. The number of halogens is 1. The van der Waals surface area contributed by atoms with Crippen molar-refractivity contribution in [1.29, 1.82) is 0 Å². The van der Waals surface area contributed by atoms with Crippen LogP contribution in [0.15, 0.2) is 12.1 Å². The third-order valence-corrected chi connectivity index (χ3v) is 4.24. The normalized spacial score (nSPS) is 20.8. The molecule has 1 aliphatic rings. The van der Waals surface area contributed by atoms with Crippen LogP contribution in [0.1, 0.15) is 27.7 Å². The summed E-state index contributed by atoms with van der Waals surface area (Å²) in [6.45, 7) is 7.75. The van der Waals surface area contributed by atoms with Crippen molar-refractivity contribution in [2.75, 3.05) is 0 Å². The Morgan fingerprint density at radius 2 is 1.75 bits per heavy atom. The fourth-order valence-corrected chi connectivity index (χ4v) is 2.22. The number of hydrogen-bond acceptors (Lipinski definition) is 4. The Hall–Kier alpha value is -1.47. The second-order valence-electron chi connectivity index (χ2n) is 6.16. The summed E-state index contributed by atoms with van der Waals surface area (Å²) in [5, 5.41) is 7.88. The second kappa shape index (κ2) is 4.02. The van der Waals surface area contributed by atoms with Gasteiger partial charge >= 0.3 is 7.12 Å². The molecule has 0 spiro atoms. The SMILES string of the molecule is Cn1nnc2cc(B3OC(C)(C)C(C)(C)O3)c(F)cc21. The lowest BCUT2D eigenvalue weighted by molar-refractivity contribution is 0.00578. The summed E-state index contributed by atoms with van der Waals surface area (Å²) in [4.78, 5) is 0. The van der Waals surface area contributed by atoms with Gasteiger partial charge in [-0.05, 0) is 33.8 Å². The summed E-state index contributed by atoms with van der Waals surface area (Å²) >= 11 is 0. The maximum absolute atomic E-state index is 14.3. The molecule has 1 aromatic heterocycles. The van der Waals surface area contributed by atoms with Crippen LogP contribution in [0.4, 0.5) is 4.39 Å². The molecule has 3 rings (SSSR count). The summed E-state index contributed by atoms with van der Waals surface area (Å²) in [6.07, 6.45) is 0. The number of benzene rings is 1. The Kier molecular flexibility index (Phi) is 2.72. The Morgan fingerprint density at radius 1 is 1.15 bits per heavy atom. The van der Waals surface area contributed by atoms with Gasteiger partial charge in [0.15, 0.2) is 0 Å². The molecule has 1 aromatic carbocycles. The van der Waals surface area contributed by atoms with Crippen LogP contribution in [0.2, 0.25) is 0 Å². The zero-order valence-corrected chi connectivity index (χ0v) is 12.3. The third kappa shape index (κ3) is 1.84. The zero-order chi connectivity index (χ0) is 14.7. The molecule has 0 aliphatic carbocycles. The highest BCUT2D eigenvalue weighted by Crippen LogP contribution is 2.36. The van der Waals surface area contributed by atoms with Crippen molar-refractivity contribution in [3.8, 4) is 0 Å². The van der Waals surface area contributed by atoms with E-state index in [0.29, 0.717) is 16.5 Å². The van der Waals surface area contributed by atoms with Gasteiger partial charge in [-0.1, -0.05) is 5.21 Å². The topological polar surface area (TPSA) is 49.2 Å². The molecule has 0 radical (unpaired) electrons. The van der Waals surface area contributed by atoms with Crippen molar-refractivity contribution >= 4 is 23.6 Å². The van der Waals surface area contributed by atoms with Crippen molar-refractivity contribution in [3.63, 3.8) is 0 Å². The predicted molar refractivity (Wildman–Crippen MR) is 74.2 cm³/mol. The van der Waals surface area contributed by atoms with E-state index < -0.39 is 18.3 Å². The first-order valence-electron chi connectivity index (χ1n) is 6.56. The number of rotatable bonds is 1. The summed E-state index contributed by atoms with van der Waals surface area (Å²) in [7, 11) is 0.995. The molecule has 0 bridgehead atoms. The minimum absolute atomic E-state index is 0.358. The van der Waals surface area contributed by atoms with Gasteiger partial charge in [0.05, 0.1) is 16.7 Å². The minimum Gasteiger partial charge on any atom is -0.399 e. The van der Waals surface area contributed by atoms with Gasteiger partial charge in [-0.15, -0.1) is 5.10 Å². The standard InChI is InChI=1S/C13H17BFN3O2/c1-12(2)13(3,4)20-14(19-12)8-6-10-11(7-9(8)15)18(5)17-16-10/h6-7H,1-5H3. The van der Waals surface area contributed by atoms with E-state index in [2.05, 4.69) is 10.3 Å². The molecule has 2 aromatic rings. The van der Waals surface area contributed by atoms with Gasteiger partial charge in [-0.3, -0.25) is 0 Å². The van der Waals surface area contributed by atoms with E-state index in [1.807, 2.05) is 27.7 Å². The lowest BCUT2D eigenvalue weighted by Crippen LogP contribution is -2.41. The highest BCUT2D eigenvalue weighted by Gasteiger charge is 2.52. The monoisotopic (exact) mass is 277 g/mol. The van der Waals surface area contributed by atoms with Crippen LogP contribution < -0.4 is 5.46 Å². The van der Waals surface area contributed by atoms with Crippen LogP contribution in [0.3, 0.4) is 0 Å². The molecule has 1 fully saturated rings. The van der Waals surface area contributed by atoms with Crippen molar-refractivity contribution in [2.45, 2.75) is 38.9 Å². The molecule has 1 saturated heterocycles. The number of aromatic nitrogens is 3. The lowest BCUT2D eigenvalue weighted by Gasteiger charge is -2.32. The van der Waals surface area contributed by atoms with E-state index in [4.69, 9.17) is 9.31 Å². The molecule has 106 valence electrons. The van der Waals surface area contributed by atoms with Gasteiger partial charge in [0.25, 0.3) is 0 Å². The number of fused-ring (bicyclic) bond motifs is 1. The van der Waals surface area contributed by atoms with Crippen LogP contribution in [-0.4, -0.2) is 33.3 Å². The second-order valence-corrected chi connectivity index (χ2v) is 6.16. The highest BCUT2D eigenvalue weighted by atomic mass is 19.1. The summed E-state index contributed by atoms with van der Waals surface area (Å²) < 4.78 is 27.6. The van der Waals surface area contributed by atoms with Crippen LogP contribution in [0.25, 0.3) is 11.0 Å². The van der Waals surface area contributed by atoms with Gasteiger partial charge in [-0.2, -0.15) is 0 Å². The molecule has 0 unspecified atom stereocenters. The fraction of sp³-hybridized carbons (Fsp3) is 0.538. The van der Waals surface area contributed by atoms with E-state index in [1.54, 1.807) is 13.1 Å². The molecule has 0 amide bonds. The number of nitrogens with zero attached hydrogens (tertiary/aromatic N) is 3. The first-order valence-corrected chi connectivity index (χ1v) is 6.56. The average Bonchev–Trinajstić information content (AvgIpc) is 2.77. The van der Waals surface area contributed by atoms with E-state index in [1.165, 1.54) is 10.7 Å². The van der Waals surface area contributed by atoms with Gasteiger partial charge < -0.3 is 9.31 Å². The smallest absolute Gasteiger partial charge is 0.399 e.